The van der Waals surface area contributed by atoms with Gasteiger partial charge in [-0.3, -0.25) is 9.10 Å². The summed E-state index contributed by atoms with van der Waals surface area (Å²) >= 11 is 0. The molecule has 0 heterocycles. The number of hydrogen-bond acceptors (Lipinski definition) is 4. The monoisotopic (exact) mass is 418 g/mol. The van der Waals surface area contributed by atoms with Crippen molar-refractivity contribution in [1.29, 1.82) is 0 Å². The summed E-state index contributed by atoms with van der Waals surface area (Å²) in [6, 6.07) is 11.9. The van der Waals surface area contributed by atoms with Crippen molar-refractivity contribution in [2.24, 2.45) is 0 Å². The van der Waals surface area contributed by atoms with Crippen LogP contribution in [0.25, 0.3) is 0 Å². The number of nitrogens with zero attached hydrogens (tertiary/aromatic N) is 1. The third kappa shape index (κ3) is 5.50. The van der Waals surface area contributed by atoms with Crippen LogP contribution in [0.2, 0.25) is 0 Å². The van der Waals surface area contributed by atoms with E-state index in [1.165, 1.54) is 4.31 Å². The number of anilines is 1. The zero-order chi connectivity index (χ0) is 21.8. The molecule has 1 N–H and O–H groups in total. The fourth-order valence-electron chi connectivity index (χ4n) is 3.28. The minimum absolute atomic E-state index is 0.275. The Labute approximate surface area is 173 Å². The number of carbonyl (C=O) groups is 1. The van der Waals surface area contributed by atoms with Gasteiger partial charge in [0.1, 0.15) is 11.8 Å². The Hall–Kier alpha value is -2.54. The van der Waals surface area contributed by atoms with E-state index < -0.39 is 16.1 Å². The Bertz CT molecular complexity index is 955. The molecule has 0 aromatic heterocycles. The summed E-state index contributed by atoms with van der Waals surface area (Å²) < 4.78 is 31.7. The highest BCUT2D eigenvalue weighted by atomic mass is 32.2. The molecule has 0 radical (unpaired) electrons. The lowest BCUT2D eigenvalue weighted by atomic mass is 10.1. The van der Waals surface area contributed by atoms with Crippen molar-refractivity contribution in [2.45, 2.75) is 46.2 Å². The van der Waals surface area contributed by atoms with E-state index in [1.54, 1.807) is 13.2 Å². The molecular formula is C22H30N2O4S. The molecule has 1 amide bonds. The summed E-state index contributed by atoms with van der Waals surface area (Å²) in [4.78, 5) is 13.1. The molecule has 0 bridgehead atoms. The quantitative estimate of drug-likeness (QED) is 0.709. The van der Waals surface area contributed by atoms with Gasteiger partial charge in [0, 0.05) is 0 Å². The number of ether oxygens (including phenoxy) is 1. The molecule has 0 fully saturated rings. The Balaban J connectivity index is 2.34. The lowest BCUT2D eigenvalue weighted by Crippen LogP contribution is -2.50. The molecule has 2 aromatic rings. The normalized spacial score (nSPS) is 13.4. The van der Waals surface area contributed by atoms with Gasteiger partial charge in [0.2, 0.25) is 15.9 Å². The maximum Gasteiger partial charge on any atom is 0.244 e. The molecule has 7 heteroatoms. The first-order valence-corrected chi connectivity index (χ1v) is 11.4. The molecule has 6 nitrogen and oxygen atoms in total. The standard InChI is InChI=1S/C22H30N2O4S/c1-7-20(22(25)23-17(4)18-10-12-19(28-5)13-11-18)24(29(6,26)27)21-14-15(2)8-9-16(21)3/h8-14,17,20H,7H2,1-6H3,(H,23,25)/t17-,20-/m0/s1. The SMILES string of the molecule is CC[C@@H](C(=O)N[C@@H](C)c1ccc(OC)cc1)N(c1cc(C)ccc1C)S(C)(=O)=O. The summed E-state index contributed by atoms with van der Waals surface area (Å²) in [5.41, 5.74) is 3.18. The van der Waals surface area contributed by atoms with Crippen LogP contribution in [0.1, 0.15) is 43.0 Å². The van der Waals surface area contributed by atoms with Gasteiger partial charge in [-0.15, -0.1) is 0 Å². The fourth-order valence-corrected chi connectivity index (χ4v) is 4.54. The van der Waals surface area contributed by atoms with Crippen molar-refractivity contribution in [1.82, 2.24) is 5.32 Å². The first-order chi connectivity index (χ1) is 13.6. The highest BCUT2D eigenvalue weighted by Crippen LogP contribution is 2.28. The second-order valence-electron chi connectivity index (χ2n) is 7.28. The van der Waals surface area contributed by atoms with Gasteiger partial charge in [-0.05, 0) is 62.1 Å². The van der Waals surface area contributed by atoms with E-state index in [0.717, 1.165) is 28.7 Å². The molecule has 2 aromatic carbocycles. The maximum atomic E-state index is 13.1. The van der Waals surface area contributed by atoms with Gasteiger partial charge in [-0.2, -0.15) is 0 Å². The number of nitrogens with one attached hydrogen (secondary N) is 1. The first-order valence-electron chi connectivity index (χ1n) is 9.59. The van der Waals surface area contributed by atoms with E-state index in [0.29, 0.717) is 12.1 Å². The van der Waals surface area contributed by atoms with Gasteiger partial charge < -0.3 is 10.1 Å². The summed E-state index contributed by atoms with van der Waals surface area (Å²) in [5, 5.41) is 2.96. The number of amides is 1. The zero-order valence-corrected chi connectivity index (χ0v) is 18.7. The van der Waals surface area contributed by atoms with E-state index in [-0.39, 0.29) is 11.9 Å². The van der Waals surface area contributed by atoms with Gasteiger partial charge in [0.15, 0.2) is 0 Å². The molecule has 0 aliphatic heterocycles. The topological polar surface area (TPSA) is 75.7 Å². The molecule has 158 valence electrons. The number of sulfonamides is 1. The molecule has 2 atom stereocenters. The minimum Gasteiger partial charge on any atom is -0.497 e. The minimum atomic E-state index is -3.67. The molecule has 2 rings (SSSR count). The summed E-state index contributed by atoms with van der Waals surface area (Å²) in [7, 11) is -2.07. The number of benzene rings is 2. The van der Waals surface area contributed by atoms with Gasteiger partial charge >= 0.3 is 0 Å². The largest absolute Gasteiger partial charge is 0.497 e. The summed E-state index contributed by atoms with van der Waals surface area (Å²) in [6.45, 7) is 7.43. The summed E-state index contributed by atoms with van der Waals surface area (Å²) in [6.07, 6.45) is 1.49. The molecular weight excluding hydrogens is 388 g/mol. The Kier molecular flexibility index (Phi) is 7.30. The Morgan fingerprint density at radius 3 is 2.28 bits per heavy atom. The van der Waals surface area contributed by atoms with Crippen LogP contribution in [-0.4, -0.2) is 33.7 Å². The number of methoxy groups -OCH3 is 1. The van der Waals surface area contributed by atoms with Crippen molar-refractivity contribution in [2.75, 3.05) is 17.7 Å². The van der Waals surface area contributed by atoms with Crippen LogP contribution in [-0.2, 0) is 14.8 Å². The molecule has 0 saturated heterocycles. The van der Waals surface area contributed by atoms with Crippen LogP contribution < -0.4 is 14.4 Å². The first kappa shape index (κ1) is 22.7. The second kappa shape index (κ2) is 9.31. The molecule has 0 unspecified atom stereocenters. The van der Waals surface area contributed by atoms with Crippen LogP contribution in [0.5, 0.6) is 5.75 Å². The second-order valence-corrected chi connectivity index (χ2v) is 9.14. The van der Waals surface area contributed by atoms with Crippen molar-refractivity contribution in [3.8, 4) is 5.75 Å². The van der Waals surface area contributed by atoms with Crippen LogP contribution in [0.4, 0.5) is 5.69 Å². The molecule has 0 aliphatic rings. The van der Waals surface area contributed by atoms with Crippen molar-refractivity contribution >= 4 is 21.6 Å². The van der Waals surface area contributed by atoms with E-state index in [9.17, 15) is 13.2 Å². The van der Waals surface area contributed by atoms with Crippen LogP contribution in [0, 0.1) is 13.8 Å². The van der Waals surface area contributed by atoms with Gasteiger partial charge in [0.25, 0.3) is 0 Å². The van der Waals surface area contributed by atoms with Crippen LogP contribution in [0.3, 0.4) is 0 Å². The zero-order valence-electron chi connectivity index (χ0n) is 17.9. The van der Waals surface area contributed by atoms with Crippen LogP contribution in [0.15, 0.2) is 42.5 Å². The highest BCUT2D eigenvalue weighted by Gasteiger charge is 2.33. The molecule has 29 heavy (non-hydrogen) atoms. The maximum absolute atomic E-state index is 13.1. The van der Waals surface area contributed by atoms with E-state index in [4.69, 9.17) is 4.74 Å². The van der Waals surface area contributed by atoms with E-state index in [1.807, 2.05) is 64.1 Å². The van der Waals surface area contributed by atoms with E-state index in [2.05, 4.69) is 5.32 Å². The Morgan fingerprint density at radius 2 is 1.76 bits per heavy atom. The average Bonchev–Trinajstić information content (AvgIpc) is 2.67. The average molecular weight is 419 g/mol. The van der Waals surface area contributed by atoms with Crippen molar-refractivity contribution < 1.29 is 17.9 Å². The summed E-state index contributed by atoms with van der Waals surface area (Å²) in [5.74, 6) is 0.402. The number of rotatable bonds is 8. The Morgan fingerprint density at radius 1 is 1.14 bits per heavy atom. The number of hydrogen-bond donors (Lipinski definition) is 1. The molecule has 0 saturated carbocycles. The highest BCUT2D eigenvalue weighted by molar-refractivity contribution is 7.92. The number of aryl methyl sites for hydroxylation is 2. The van der Waals surface area contributed by atoms with Gasteiger partial charge in [0.05, 0.1) is 25.1 Å². The van der Waals surface area contributed by atoms with E-state index >= 15 is 0 Å². The van der Waals surface area contributed by atoms with Crippen LogP contribution >= 0.6 is 0 Å². The van der Waals surface area contributed by atoms with Crippen molar-refractivity contribution in [3.05, 3.63) is 59.2 Å². The van der Waals surface area contributed by atoms with Gasteiger partial charge in [-0.25, -0.2) is 8.42 Å². The predicted molar refractivity (Wildman–Crippen MR) is 117 cm³/mol. The lowest BCUT2D eigenvalue weighted by Gasteiger charge is -2.32. The fraction of sp³-hybridized carbons (Fsp3) is 0.409. The molecule has 0 spiro atoms. The molecule has 0 aliphatic carbocycles. The lowest BCUT2D eigenvalue weighted by molar-refractivity contribution is -0.122. The predicted octanol–water partition coefficient (Wildman–Crippen LogP) is 3.73. The third-order valence-electron chi connectivity index (χ3n) is 4.91. The smallest absolute Gasteiger partial charge is 0.244 e. The third-order valence-corrected chi connectivity index (χ3v) is 6.07. The number of carbonyl (C=O) groups excluding carboxylic acids is 1. The van der Waals surface area contributed by atoms with Gasteiger partial charge in [-0.1, -0.05) is 31.2 Å². The van der Waals surface area contributed by atoms with Crippen molar-refractivity contribution in [3.63, 3.8) is 0 Å².